The van der Waals surface area contributed by atoms with E-state index in [-0.39, 0.29) is 4.90 Å². The van der Waals surface area contributed by atoms with E-state index in [9.17, 15) is 8.42 Å². The Kier molecular flexibility index (Phi) is 4.73. The van der Waals surface area contributed by atoms with Crippen LogP contribution in [0.15, 0.2) is 21.5 Å². The zero-order valence-electron chi connectivity index (χ0n) is 11.7. The third-order valence-electron chi connectivity index (χ3n) is 3.58. The van der Waals surface area contributed by atoms with Gasteiger partial charge in [-0.05, 0) is 44.5 Å². The van der Waals surface area contributed by atoms with Gasteiger partial charge in [-0.2, -0.15) is 0 Å². The molecule has 0 radical (unpaired) electrons. The number of nitrogens with one attached hydrogen (secondary N) is 1. The Bertz CT molecular complexity index is 600. The number of benzene rings is 1. The zero-order valence-corrected chi connectivity index (χ0v) is 14.1. The number of nitrogens with two attached hydrogens (primary N) is 1. The number of rotatable bonds is 6. The molecular formula is C13H20BrN3O2S. The van der Waals surface area contributed by atoms with Crippen molar-refractivity contribution in [1.82, 2.24) is 9.62 Å². The van der Waals surface area contributed by atoms with Crippen LogP contribution in [0, 0.1) is 6.92 Å². The van der Waals surface area contributed by atoms with E-state index >= 15 is 0 Å². The van der Waals surface area contributed by atoms with E-state index in [0.717, 1.165) is 0 Å². The molecule has 0 bridgehead atoms. The summed E-state index contributed by atoms with van der Waals surface area (Å²) in [6.07, 6.45) is 2.43. The molecule has 0 atom stereocenters. The van der Waals surface area contributed by atoms with Gasteiger partial charge in [-0.25, -0.2) is 13.1 Å². The summed E-state index contributed by atoms with van der Waals surface area (Å²) in [5, 5.41) is 0. The van der Waals surface area contributed by atoms with Gasteiger partial charge in [0.05, 0.1) is 4.90 Å². The topological polar surface area (TPSA) is 75.4 Å². The van der Waals surface area contributed by atoms with Gasteiger partial charge in [-0.1, -0.05) is 15.9 Å². The van der Waals surface area contributed by atoms with Crippen LogP contribution < -0.4 is 10.5 Å². The number of anilines is 1. The number of hydrogen-bond acceptors (Lipinski definition) is 4. The lowest BCUT2D eigenvalue weighted by Crippen LogP contribution is -2.34. The van der Waals surface area contributed by atoms with Crippen molar-refractivity contribution in [2.75, 3.05) is 25.9 Å². The Morgan fingerprint density at radius 1 is 1.45 bits per heavy atom. The molecule has 1 aliphatic carbocycles. The zero-order chi connectivity index (χ0) is 14.9. The minimum atomic E-state index is -3.52. The third kappa shape index (κ3) is 3.72. The van der Waals surface area contributed by atoms with E-state index < -0.39 is 10.0 Å². The molecule has 0 unspecified atom stereocenters. The van der Waals surface area contributed by atoms with Gasteiger partial charge in [-0.15, -0.1) is 0 Å². The molecule has 0 aromatic heterocycles. The summed E-state index contributed by atoms with van der Waals surface area (Å²) in [7, 11) is -1.50. The number of halogens is 1. The second-order valence-electron chi connectivity index (χ2n) is 5.23. The lowest BCUT2D eigenvalue weighted by atomic mass is 10.2. The molecule has 1 aromatic rings. The molecule has 0 heterocycles. The Hall–Kier alpha value is -0.630. The molecule has 1 saturated carbocycles. The fourth-order valence-electron chi connectivity index (χ4n) is 2.09. The number of sulfonamides is 1. The molecule has 1 aliphatic rings. The Balaban J connectivity index is 2.06. The minimum Gasteiger partial charge on any atom is -0.398 e. The van der Waals surface area contributed by atoms with Gasteiger partial charge in [0.2, 0.25) is 10.0 Å². The molecule has 0 spiro atoms. The molecule has 1 fully saturated rings. The van der Waals surface area contributed by atoms with Crippen molar-refractivity contribution in [1.29, 1.82) is 0 Å². The van der Waals surface area contributed by atoms with E-state index in [2.05, 4.69) is 25.6 Å². The molecule has 20 heavy (non-hydrogen) atoms. The number of hydrogen-bond donors (Lipinski definition) is 2. The summed E-state index contributed by atoms with van der Waals surface area (Å²) in [5.74, 6) is 0. The Labute approximate surface area is 128 Å². The largest absolute Gasteiger partial charge is 0.398 e. The monoisotopic (exact) mass is 361 g/mol. The molecule has 0 aliphatic heterocycles. The number of likely N-dealkylation sites (N-methyl/N-ethyl adjacent to an activating group) is 1. The maximum atomic E-state index is 12.3. The summed E-state index contributed by atoms with van der Waals surface area (Å²) >= 11 is 3.28. The summed E-state index contributed by atoms with van der Waals surface area (Å²) in [6, 6.07) is 3.91. The fourth-order valence-corrected chi connectivity index (χ4v) is 4.03. The number of nitrogens with zero attached hydrogens (tertiary/aromatic N) is 1. The van der Waals surface area contributed by atoms with Crippen LogP contribution >= 0.6 is 15.9 Å². The van der Waals surface area contributed by atoms with E-state index in [4.69, 9.17) is 5.73 Å². The first kappa shape index (κ1) is 15.8. The molecule has 7 heteroatoms. The fraction of sp³-hybridized carbons (Fsp3) is 0.538. The van der Waals surface area contributed by atoms with Crippen LogP contribution in [-0.4, -0.2) is 39.5 Å². The minimum absolute atomic E-state index is 0.235. The maximum absolute atomic E-state index is 12.3. The van der Waals surface area contributed by atoms with Gasteiger partial charge in [0.1, 0.15) is 0 Å². The van der Waals surface area contributed by atoms with Crippen molar-refractivity contribution >= 4 is 31.6 Å². The second-order valence-corrected chi connectivity index (χ2v) is 7.88. The normalized spacial score (nSPS) is 15.8. The van der Waals surface area contributed by atoms with Crippen molar-refractivity contribution in [2.45, 2.75) is 30.7 Å². The van der Waals surface area contributed by atoms with Gasteiger partial charge in [0.25, 0.3) is 0 Å². The molecular weight excluding hydrogens is 342 g/mol. The molecule has 1 aromatic carbocycles. The molecule has 0 saturated heterocycles. The van der Waals surface area contributed by atoms with Crippen molar-refractivity contribution in [3.63, 3.8) is 0 Å². The molecule has 112 valence electrons. The summed E-state index contributed by atoms with van der Waals surface area (Å²) in [4.78, 5) is 2.42. The Morgan fingerprint density at radius 3 is 2.70 bits per heavy atom. The lowest BCUT2D eigenvalue weighted by molar-refractivity contribution is 0.329. The van der Waals surface area contributed by atoms with Gasteiger partial charge < -0.3 is 10.6 Å². The Morgan fingerprint density at radius 2 is 2.10 bits per heavy atom. The van der Waals surface area contributed by atoms with Crippen molar-refractivity contribution in [3.8, 4) is 0 Å². The molecule has 2 rings (SSSR count). The van der Waals surface area contributed by atoms with Crippen LogP contribution in [-0.2, 0) is 10.0 Å². The second kappa shape index (κ2) is 6.01. The van der Waals surface area contributed by atoms with Crippen molar-refractivity contribution in [3.05, 3.63) is 22.2 Å². The smallest absolute Gasteiger partial charge is 0.240 e. The quantitative estimate of drug-likeness (QED) is 0.756. The lowest BCUT2D eigenvalue weighted by Gasteiger charge is -2.16. The van der Waals surface area contributed by atoms with E-state index in [1.165, 1.54) is 12.8 Å². The maximum Gasteiger partial charge on any atom is 0.240 e. The van der Waals surface area contributed by atoms with Crippen LogP contribution in [0.5, 0.6) is 0 Å². The number of nitrogen functional groups attached to an aromatic ring is 1. The van der Waals surface area contributed by atoms with Gasteiger partial charge in [0, 0.05) is 29.3 Å². The molecule has 3 N–H and O–H groups in total. The average molecular weight is 362 g/mol. The van der Waals surface area contributed by atoms with Gasteiger partial charge in [0.15, 0.2) is 0 Å². The van der Waals surface area contributed by atoms with Crippen LogP contribution in [0.25, 0.3) is 0 Å². The van der Waals surface area contributed by atoms with Crippen LogP contribution in [0.2, 0.25) is 0 Å². The third-order valence-corrected chi connectivity index (χ3v) is 5.63. The first-order valence-electron chi connectivity index (χ1n) is 6.57. The standard InChI is InChI=1S/C13H20BrN3O2S/c1-9-12(15)7-10(14)8-13(9)20(18,19)16-5-6-17(2)11-3-4-11/h7-8,11,16H,3-6,15H2,1-2H3. The van der Waals surface area contributed by atoms with E-state index in [1.54, 1.807) is 19.1 Å². The van der Waals surface area contributed by atoms with Gasteiger partial charge >= 0.3 is 0 Å². The summed E-state index contributed by atoms with van der Waals surface area (Å²) in [6.45, 7) is 2.83. The SMILES string of the molecule is Cc1c(N)cc(Br)cc1S(=O)(=O)NCCN(C)C1CC1. The first-order valence-corrected chi connectivity index (χ1v) is 8.84. The summed E-state index contributed by atoms with van der Waals surface area (Å²) < 4.78 is 27.9. The average Bonchev–Trinajstić information content (AvgIpc) is 3.17. The van der Waals surface area contributed by atoms with E-state index in [0.29, 0.717) is 34.9 Å². The first-order chi connectivity index (χ1) is 9.31. The molecule has 5 nitrogen and oxygen atoms in total. The van der Waals surface area contributed by atoms with Crippen LogP contribution in [0.4, 0.5) is 5.69 Å². The van der Waals surface area contributed by atoms with Crippen LogP contribution in [0.1, 0.15) is 18.4 Å². The predicted octanol–water partition coefficient (Wildman–Crippen LogP) is 1.71. The highest BCUT2D eigenvalue weighted by molar-refractivity contribution is 9.10. The van der Waals surface area contributed by atoms with Crippen LogP contribution in [0.3, 0.4) is 0 Å². The highest BCUT2D eigenvalue weighted by atomic mass is 79.9. The van der Waals surface area contributed by atoms with Gasteiger partial charge in [-0.3, -0.25) is 0 Å². The van der Waals surface area contributed by atoms with Crippen molar-refractivity contribution < 1.29 is 8.42 Å². The summed E-state index contributed by atoms with van der Waals surface area (Å²) in [5.41, 5.74) is 6.86. The highest BCUT2D eigenvalue weighted by Crippen LogP contribution is 2.26. The van der Waals surface area contributed by atoms with Crippen molar-refractivity contribution in [2.24, 2.45) is 0 Å². The predicted molar refractivity (Wildman–Crippen MR) is 84.1 cm³/mol. The highest BCUT2D eigenvalue weighted by Gasteiger charge is 2.26. The molecule has 0 amide bonds. The van der Waals surface area contributed by atoms with E-state index in [1.807, 2.05) is 7.05 Å².